The molecular weight excluding hydrogens is 440 g/mol. The number of hydrogen-bond acceptors (Lipinski definition) is 8. The minimum Gasteiger partial charge on any atom is -0.497 e. The molecule has 2 aromatic carbocycles. The maximum Gasteiger partial charge on any atom is 0.264 e. The number of amides is 1. The molecule has 0 atom stereocenters. The number of rotatable bonds is 7. The number of nitrogen functional groups attached to an aromatic ring is 1. The number of methoxy groups -OCH3 is 1. The van der Waals surface area contributed by atoms with Crippen molar-refractivity contribution in [3.63, 3.8) is 0 Å². The van der Waals surface area contributed by atoms with Gasteiger partial charge in [0.25, 0.3) is 5.89 Å². The highest BCUT2D eigenvalue weighted by Gasteiger charge is 2.24. The van der Waals surface area contributed by atoms with E-state index in [0.29, 0.717) is 16.4 Å². The van der Waals surface area contributed by atoms with E-state index in [1.165, 1.54) is 16.4 Å². The van der Waals surface area contributed by atoms with Crippen molar-refractivity contribution in [3.05, 3.63) is 53.6 Å². The Bertz CT molecular complexity index is 1300. The number of anilines is 2. The monoisotopic (exact) mass is 464 g/mol. The first kappa shape index (κ1) is 22.4. The zero-order chi connectivity index (χ0) is 23.5. The van der Waals surface area contributed by atoms with Gasteiger partial charge in [-0.2, -0.15) is 10.1 Å². The normalized spacial score (nSPS) is 10.9. The van der Waals surface area contributed by atoms with Crippen molar-refractivity contribution in [2.75, 3.05) is 24.4 Å². The number of nitrogens with zero attached hydrogens (tertiary/aromatic N) is 4. The maximum absolute atomic E-state index is 12.6. The molecule has 0 spiro atoms. The quantitative estimate of drug-likeness (QED) is 0.391. The van der Waals surface area contributed by atoms with Gasteiger partial charge in [0.2, 0.25) is 11.7 Å². The highest BCUT2D eigenvalue weighted by atomic mass is 32.2. The number of nitrogens with one attached hydrogen (secondary N) is 1. The molecule has 4 aromatic rings. The highest BCUT2D eigenvalue weighted by molar-refractivity contribution is 7.98. The first-order valence-corrected chi connectivity index (χ1v) is 11.4. The van der Waals surface area contributed by atoms with E-state index in [-0.39, 0.29) is 24.2 Å². The fourth-order valence-corrected chi connectivity index (χ4v) is 3.83. The van der Waals surface area contributed by atoms with Gasteiger partial charge in [0.15, 0.2) is 0 Å². The van der Waals surface area contributed by atoms with E-state index in [2.05, 4.69) is 20.6 Å². The molecule has 1 amide bonds. The number of hydrogen-bond donors (Lipinski definition) is 2. The van der Waals surface area contributed by atoms with Gasteiger partial charge in [-0.15, -0.1) is 11.8 Å². The van der Waals surface area contributed by atoms with Crippen LogP contribution in [0.1, 0.15) is 11.1 Å². The SMILES string of the molecule is COc1ccc(-c2noc(-c3c(SC)nn(CC(=O)Nc4ccc(C)c(C)c4)c3N)n2)cc1. The Morgan fingerprint density at radius 1 is 1.18 bits per heavy atom. The molecule has 0 saturated heterocycles. The highest BCUT2D eigenvalue weighted by Crippen LogP contribution is 2.35. The molecule has 170 valence electrons. The summed E-state index contributed by atoms with van der Waals surface area (Å²) >= 11 is 1.38. The van der Waals surface area contributed by atoms with Crippen molar-refractivity contribution in [1.82, 2.24) is 19.9 Å². The summed E-state index contributed by atoms with van der Waals surface area (Å²) in [6.07, 6.45) is 1.87. The molecule has 4 rings (SSSR count). The van der Waals surface area contributed by atoms with E-state index in [0.717, 1.165) is 28.1 Å². The molecule has 0 aliphatic carbocycles. The molecule has 0 unspecified atom stereocenters. The van der Waals surface area contributed by atoms with Crippen LogP contribution in [0, 0.1) is 13.8 Å². The topological polar surface area (TPSA) is 121 Å². The lowest BCUT2D eigenvalue weighted by Crippen LogP contribution is -2.20. The van der Waals surface area contributed by atoms with Crippen molar-refractivity contribution in [2.24, 2.45) is 0 Å². The van der Waals surface area contributed by atoms with Crippen molar-refractivity contribution in [2.45, 2.75) is 25.4 Å². The van der Waals surface area contributed by atoms with Gasteiger partial charge in [-0.25, -0.2) is 4.68 Å². The van der Waals surface area contributed by atoms with Gasteiger partial charge < -0.3 is 20.3 Å². The summed E-state index contributed by atoms with van der Waals surface area (Å²) in [4.78, 5) is 17.1. The zero-order valence-corrected chi connectivity index (χ0v) is 19.6. The van der Waals surface area contributed by atoms with E-state index < -0.39 is 0 Å². The molecular formula is C23H24N6O3S. The summed E-state index contributed by atoms with van der Waals surface area (Å²) in [5.74, 6) is 1.43. The minimum absolute atomic E-state index is 0.0498. The van der Waals surface area contributed by atoms with Gasteiger partial charge in [-0.3, -0.25) is 4.79 Å². The summed E-state index contributed by atoms with van der Waals surface area (Å²) in [5, 5.41) is 12.0. The van der Waals surface area contributed by atoms with Gasteiger partial charge in [0, 0.05) is 11.3 Å². The summed E-state index contributed by atoms with van der Waals surface area (Å²) in [5.41, 5.74) is 10.6. The fraction of sp³-hybridized carbons (Fsp3) is 0.217. The number of ether oxygens (including phenoxy) is 1. The van der Waals surface area contributed by atoms with Gasteiger partial charge >= 0.3 is 0 Å². The van der Waals surface area contributed by atoms with Gasteiger partial charge in [0.1, 0.15) is 28.7 Å². The Morgan fingerprint density at radius 2 is 1.94 bits per heavy atom. The lowest BCUT2D eigenvalue weighted by Gasteiger charge is -2.08. The second-order valence-corrected chi connectivity index (χ2v) is 8.22. The van der Waals surface area contributed by atoms with Crippen LogP contribution in [0.15, 0.2) is 52.0 Å². The molecule has 0 radical (unpaired) electrons. The Kier molecular flexibility index (Phi) is 6.36. The lowest BCUT2D eigenvalue weighted by atomic mass is 10.1. The number of aryl methyl sites for hydroxylation is 2. The van der Waals surface area contributed by atoms with Crippen molar-refractivity contribution in [1.29, 1.82) is 0 Å². The van der Waals surface area contributed by atoms with E-state index in [4.69, 9.17) is 15.0 Å². The van der Waals surface area contributed by atoms with Crippen molar-refractivity contribution >= 4 is 29.2 Å². The van der Waals surface area contributed by atoms with Crippen LogP contribution in [0.2, 0.25) is 0 Å². The van der Waals surface area contributed by atoms with Crippen LogP contribution in [-0.2, 0) is 11.3 Å². The van der Waals surface area contributed by atoms with E-state index in [1.54, 1.807) is 7.11 Å². The predicted molar refractivity (Wildman–Crippen MR) is 128 cm³/mol. The maximum atomic E-state index is 12.6. The average Bonchev–Trinajstić information content (AvgIpc) is 3.41. The van der Waals surface area contributed by atoms with Crippen LogP contribution in [0.5, 0.6) is 5.75 Å². The number of nitrogens with two attached hydrogens (primary N) is 1. The third-order valence-electron chi connectivity index (χ3n) is 5.23. The molecule has 0 aliphatic heterocycles. The van der Waals surface area contributed by atoms with Crippen LogP contribution in [0.25, 0.3) is 22.8 Å². The summed E-state index contributed by atoms with van der Waals surface area (Å²) in [6, 6.07) is 13.1. The Morgan fingerprint density at radius 3 is 2.61 bits per heavy atom. The zero-order valence-electron chi connectivity index (χ0n) is 18.7. The summed E-state index contributed by atoms with van der Waals surface area (Å²) in [7, 11) is 1.61. The van der Waals surface area contributed by atoms with Crippen LogP contribution in [0.4, 0.5) is 11.5 Å². The number of aromatic nitrogens is 4. The van der Waals surface area contributed by atoms with E-state index in [1.807, 2.05) is 62.6 Å². The molecule has 0 fully saturated rings. The molecule has 2 heterocycles. The Labute approximate surface area is 195 Å². The van der Waals surface area contributed by atoms with E-state index >= 15 is 0 Å². The second-order valence-electron chi connectivity index (χ2n) is 7.43. The third-order valence-corrected chi connectivity index (χ3v) is 5.90. The standard InChI is InChI=1S/C23H24N6O3S/c1-13-5-8-16(11-14(13)2)25-18(30)12-29-20(24)19(23(27-29)33-4)22-26-21(28-32-22)15-6-9-17(31-3)10-7-15/h5-11H,12,24H2,1-4H3,(H,25,30). The van der Waals surface area contributed by atoms with Crippen LogP contribution in [-0.4, -0.2) is 39.2 Å². The lowest BCUT2D eigenvalue weighted by molar-refractivity contribution is -0.116. The Balaban J connectivity index is 1.56. The average molecular weight is 465 g/mol. The molecule has 9 nitrogen and oxygen atoms in total. The van der Waals surface area contributed by atoms with Crippen LogP contribution >= 0.6 is 11.8 Å². The molecule has 0 saturated carbocycles. The number of thioether (sulfide) groups is 1. The fourth-order valence-electron chi connectivity index (χ4n) is 3.25. The third kappa shape index (κ3) is 4.70. The minimum atomic E-state index is -0.240. The van der Waals surface area contributed by atoms with Gasteiger partial charge in [0.05, 0.1) is 7.11 Å². The number of carbonyl (C=O) groups excluding carboxylic acids is 1. The number of benzene rings is 2. The number of carbonyl (C=O) groups is 1. The van der Waals surface area contributed by atoms with Crippen molar-refractivity contribution < 1.29 is 14.1 Å². The molecule has 3 N–H and O–H groups in total. The van der Waals surface area contributed by atoms with Gasteiger partial charge in [-0.1, -0.05) is 11.2 Å². The summed E-state index contributed by atoms with van der Waals surface area (Å²) < 4.78 is 12.1. The van der Waals surface area contributed by atoms with Crippen molar-refractivity contribution in [3.8, 4) is 28.6 Å². The van der Waals surface area contributed by atoms with Crippen LogP contribution in [0.3, 0.4) is 0 Å². The smallest absolute Gasteiger partial charge is 0.264 e. The predicted octanol–water partition coefficient (Wildman–Crippen LogP) is 4.17. The molecule has 0 bridgehead atoms. The molecule has 2 aromatic heterocycles. The summed E-state index contributed by atoms with van der Waals surface area (Å²) in [6.45, 7) is 3.97. The van der Waals surface area contributed by atoms with E-state index in [9.17, 15) is 4.79 Å². The van der Waals surface area contributed by atoms with Gasteiger partial charge in [-0.05, 0) is 67.6 Å². The molecule has 0 aliphatic rings. The van der Waals surface area contributed by atoms with Crippen LogP contribution < -0.4 is 15.8 Å². The second kappa shape index (κ2) is 9.37. The first-order valence-electron chi connectivity index (χ1n) is 10.2. The molecule has 33 heavy (non-hydrogen) atoms. The molecule has 10 heteroatoms. The first-order chi connectivity index (χ1) is 15.9. The Hall–Kier alpha value is -3.79. The largest absolute Gasteiger partial charge is 0.497 e.